The van der Waals surface area contributed by atoms with Gasteiger partial charge in [0.1, 0.15) is 11.1 Å². The summed E-state index contributed by atoms with van der Waals surface area (Å²) in [5.41, 5.74) is 3.55. The van der Waals surface area contributed by atoms with E-state index in [0.717, 1.165) is 25.0 Å². The zero-order valence-corrected chi connectivity index (χ0v) is 17.3. The van der Waals surface area contributed by atoms with E-state index >= 15 is 0 Å². The van der Waals surface area contributed by atoms with E-state index in [-0.39, 0.29) is 12.3 Å². The van der Waals surface area contributed by atoms with Crippen molar-refractivity contribution in [2.24, 2.45) is 5.92 Å². The summed E-state index contributed by atoms with van der Waals surface area (Å²) in [5, 5.41) is 12.9. The fraction of sp³-hybridized carbons (Fsp3) is 0.364. The Balaban J connectivity index is 1.61. The van der Waals surface area contributed by atoms with Crippen LogP contribution in [0, 0.1) is 17.2 Å². The van der Waals surface area contributed by atoms with Gasteiger partial charge in [0.05, 0.1) is 23.9 Å². The number of methoxy groups -OCH3 is 1. The standard InChI is InChI=1S/C22H23N3O3S/c1-14-7-8-18-15(11-14)12-16(13-23)21(25-18)29-10-9-20(26)24-19-6-4-3-5-17(19)22(27)28-2/h3-6,12,14H,7-11H2,1-2H3,(H,24,26). The van der Waals surface area contributed by atoms with Gasteiger partial charge in [-0.05, 0) is 48.9 Å². The van der Waals surface area contributed by atoms with Crippen molar-refractivity contribution in [1.29, 1.82) is 5.26 Å². The maximum absolute atomic E-state index is 12.3. The summed E-state index contributed by atoms with van der Waals surface area (Å²) in [5.74, 6) is 0.398. The highest BCUT2D eigenvalue weighted by Gasteiger charge is 2.19. The topological polar surface area (TPSA) is 92.1 Å². The number of nitriles is 1. The molecular formula is C22H23N3O3S. The van der Waals surface area contributed by atoms with E-state index in [4.69, 9.17) is 9.72 Å². The maximum atomic E-state index is 12.3. The van der Waals surface area contributed by atoms with E-state index in [2.05, 4.69) is 18.3 Å². The van der Waals surface area contributed by atoms with E-state index in [1.54, 1.807) is 24.3 Å². The number of nitrogens with one attached hydrogen (secondary N) is 1. The minimum absolute atomic E-state index is 0.209. The zero-order chi connectivity index (χ0) is 20.8. The van der Waals surface area contributed by atoms with Crippen LogP contribution in [-0.4, -0.2) is 29.7 Å². The molecule has 0 radical (unpaired) electrons. The number of amides is 1. The number of carbonyl (C=O) groups excluding carboxylic acids is 2. The normalized spacial score (nSPS) is 15.1. The minimum atomic E-state index is -0.499. The molecule has 0 saturated heterocycles. The summed E-state index contributed by atoms with van der Waals surface area (Å²) in [6, 6.07) is 10.9. The number of anilines is 1. The van der Waals surface area contributed by atoms with Crippen LogP contribution in [0.25, 0.3) is 0 Å². The second-order valence-corrected chi connectivity index (χ2v) is 8.17. The van der Waals surface area contributed by atoms with Crippen molar-refractivity contribution in [2.45, 2.75) is 37.6 Å². The molecule has 0 fully saturated rings. The lowest BCUT2D eigenvalue weighted by Crippen LogP contribution is -2.16. The molecule has 0 aliphatic heterocycles. The Kier molecular flexibility index (Phi) is 6.89. The lowest BCUT2D eigenvalue weighted by Gasteiger charge is -2.21. The predicted molar refractivity (Wildman–Crippen MR) is 112 cm³/mol. The number of pyridine rings is 1. The molecule has 1 aliphatic rings. The highest BCUT2D eigenvalue weighted by atomic mass is 32.2. The van der Waals surface area contributed by atoms with Gasteiger partial charge in [-0.15, -0.1) is 11.8 Å². The number of benzene rings is 1. The third kappa shape index (κ3) is 5.15. The third-order valence-electron chi connectivity index (χ3n) is 4.89. The number of aromatic nitrogens is 1. The summed E-state index contributed by atoms with van der Waals surface area (Å²) >= 11 is 1.41. The number of ether oxygens (including phenoxy) is 1. The van der Waals surface area contributed by atoms with Crippen LogP contribution < -0.4 is 5.32 Å². The van der Waals surface area contributed by atoms with Crippen molar-refractivity contribution >= 4 is 29.3 Å². The van der Waals surface area contributed by atoms with Crippen LogP contribution in [0.2, 0.25) is 0 Å². The molecule has 1 N–H and O–H groups in total. The molecule has 150 valence electrons. The lowest BCUT2D eigenvalue weighted by molar-refractivity contribution is -0.115. The highest BCUT2D eigenvalue weighted by Crippen LogP contribution is 2.29. The van der Waals surface area contributed by atoms with Gasteiger partial charge >= 0.3 is 5.97 Å². The molecule has 7 heteroatoms. The fourth-order valence-corrected chi connectivity index (χ4v) is 4.27. The molecule has 1 heterocycles. The second kappa shape index (κ2) is 9.57. The molecule has 1 aromatic heterocycles. The van der Waals surface area contributed by atoms with Crippen LogP contribution in [0.5, 0.6) is 0 Å². The summed E-state index contributed by atoms with van der Waals surface area (Å²) in [7, 11) is 1.30. The Hall–Kier alpha value is -2.85. The van der Waals surface area contributed by atoms with E-state index in [1.807, 2.05) is 6.07 Å². The zero-order valence-electron chi connectivity index (χ0n) is 16.5. The number of thioether (sulfide) groups is 1. The van der Waals surface area contributed by atoms with E-state index in [0.29, 0.717) is 33.5 Å². The van der Waals surface area contributed by atoms with Crippen LogP contribution in [0.15, 0.2) is 35.4 Å². The van der Waals surface area contributed by atoms with Crippen molar-refractivity contribution in [3.63, 3.8) is 0 Å². The van der Waals surface area contributed by atoms with Gasteiger partial charge in [0.2, 0.25) is 5.91 Å². The first-order valence-corrected chi connectivity index (χ1v) is 10.5. The Bertz CT molecular complexity index is 968. The van der Waals surface area contributed by atoms with Gasteiger partial charge in [0.15, 0.2) is 0 Å². The molecule has 0 bridgehead atoms. The van der Waals surface area contributed by atoms with Crippen LogP contribution in [0.1, 0.15) is 46.9 Å². The summed E-state index contributed by atoms with van der Waals surface area (Å²) in [6.07, 6.45) is 3.24. The number of fused-ring (bicyclic) bond motifs is 1. The number of aryl methyl sites for hydroxylation is 1. The van der Waals surface area contributed by atoms with Crippen molar-refractivity contribution in [3.05, 3.63) is 52.7 Å². The largest absolute Gasteiger partial charge is 0.465 e. The van der Waals surface area contributed by atoms with Gasteiger partial charge in [-0.3, -0.25) is 4.79 Å². The molecule has 2 aromatic rings. The number of nitrogens with zero attached hydrogens (tertiary/aromatic N) is 2. The van der Waals surface area contributed by atoms with Gasteiger partial charge < -0.3 is 10.1 Å². The first-order valence-electron chi connectivity index (χ1n) is 9.54. The smallest absolute Gasteiger partial charge is 0.339 e. The Morgan fingerprint density at radius 2 is 2.17 bits per heavy atom. The molecule has 1 aromatic carbocycles. The van der Waals surface area contributed by atoms with Gasteiger partial charge in [-0.25, -0.2) is 9.78 Å². The monoisotopic (exact) mass is 409 g/mol. The molecule has 0 spiro atoms. The van der Waals surface area contributed by atoms with Gasteiger partial charge in [-0.1, -0.05) is 19.1 Å². The Labute approximate surface area is 174 Å². The average Bonchev–Trinajstić information content (AvgIpc) is 2.73. The summed E-state index contributed by atoms with van der Waals surface area (Å²) in [4.78, 5) is 28.8. The van der Waals surface area contributed by atoms with E-state index in [9.17, 15) is 14.9 Å². The average molecular weight is 410 g/mol. The Morgan fingerprint density at radius 1 is 1.38 bits per heavy atom. The molecule has 1 unspecified atom stereocenters. The third-order valence-corrected chi connectivity index (χ3v) is 5.89. The number of hydrogen-bond donors (Lipinski definition) is 1. The lowest BCUT2D eigenvalue weighted by atomic mass is 9.87. The molecule has 1 amide bonds. The SMILES string of the molecule is COC(=O)c1ccccc1NC(=O)CCSc1nc2c(cc1C#N)CC(C)CC2. The Morgan fingerprint density at radius 3 is 2.93 bits per heavy atom. The first kappa shape index (κ1) is 20.9. The number of hydrogen-bond acceptors (Lipinski definition) is 6. The molecule has 1 aliphatic carbocycles. The minimum Gasteiger partial charge on any atom is -0.465 e. The summed E-state index contributed by atoms with van der Waals surface area (Å²) < 4.78 is 4.74. The second-order valence-electron chi connectivity index (χ2n) is 7.09. The quantitative estimate of drug-likeness (QED) is 0.573. The first-order chi connectivity index (χ1) is 14.0. The van der Waals surface area contributed by atoms with Crippen molar-refractivity contribution < 1.29 is 14.3 Å². The molecule has 1 atom stereocenters. The van der Waals surface area contributed by atoms with Crippen molar-refractivity contribution in [3.8, 4) is 6.07 Å². The van der Waals surface area contributed by atoms with Crippen LogP contribution in [0.4, 0.5) is 5.69 Å². The summed E-state index contributed by atoms with van der Waals surface area (Å²) in [6.45, 7) is 2.22. The van der Waals surface area contributed by atoms with Gasteiger partial charge in [0.25, 0.3) is 0 Å². The molecule has 6 nitrogen and oxygen atoms in total. The van der Waals surface area contributed by atoms with Crippen molar-refractivity contribution in [2.75, 3.05) is 18.2 Å². The maximum Gasteiger partial charge on any atom is 0.339 e. The molecule has 0 saturated carbocycles. The number of esters is 1. The molecule has 29 heavy (non-hydrogen) atoms. The predicted octanol–water partition coefficient (Wildman–Crippen LogP) is 3.99. The van der Waals surface area contributed by atoms with Crippen LogP contribution in [0.3, 0.4) is 0 Å². The number of rotatable bonds is 6. The number of carbonyl (C=O) groups is 2. The van der Waals surface area contributed by atoms with E-state index < -0.39 is 5.97 Å². The van der Waals surface area contributed by atoms with Gasteiger partial charge in [0, 0.05) is 17.9 Å². The van der Waals surface area contributed by atoms with E-state index in [1.165, 1.54) is 24.4 Å². The van der Waals surface area contributed by atoms with Gasteiger partial charge in [-0.2, -0.15) is 5.26 Å². The fourth-order valence-electron chi connectivity index (χ4n) is 3.35. The van der Waals surface area contributed by atoms with Crippen LogP contribution in [-0.2, 0) is 22.4 Å². The van der Waals surface area contributed by atoms with Crippen molar-refractivity contribution in [1.82, 2.24) is 4.98 Å². The molecular weight excluding hydrogens is 386 g/mol. The number of para-hydroxylation sites is 1. The van der Waals surface area contributed by atoms with Crippen LogP contribution >= 0.6 is 11.8 Å². The molecule has 3 rings (SSSR count). The highest BCUT2D eigenvalue weighted by molar-refractivity contribution is 7.99.